The molecule has 1 saturated heterocycles. The highest BCUT2D eigenvalue weighted by atomic mass is 35.5. The second kappa shape index (κ2) is 7.69. The minimum Gasteiger partial charge on any atom is -0.467 e. The molecular weight excluding hydrogens is 351 g/mol. The average molecular weight is 366 g/mol. The van der Waals surface area contributed by atoms with E-state index >= 15 is 0 Å². The standard InChI is InChI=1S/C14H15ClF3N3O3/c15-9-5-8(6-20-13(9)24-7-14(16,17)18)11(22)21-10-3-1-2-4-19-12(10)23/h5-6,10H,1-4,7H2,(H,19,23)(H,21,22). The van der Waals surface area contributed by atoms with E-state index in [-0.39, 0.29) is 16.5 Å². The second-order valence-corrected chi connectivity index (χ2v) is 5.63. The fraction of sp³-hybridized carbons (Fsp3) is 0.500. The summed E-state index contributed by atoms with van der Waals surface area (Å²) in [4.78, 5) is 27.5. The van der Waals surface area contributed by atoms with Crippen LogP contribution in [-0.2, 0) is 4.79 Å². The number of carbonyl (C=O) groups is 2. The van der Waals surface area contributed by atoms with Crippen molar-refractivity contribution in [3.8, 4) is 5.88 Å². The van der Waals surface area contributed by atoms with Crippen LogP contribution < -0.4 is 15.4 Å². The van der Waals surface area contributed by atoms with Crippen molar-refractivity contribution in [3.05, 3.63) is 22.8 Å². The Balaban J connectivity index is 2.02. The fourth-order valence-corrected chi connectivity index (χ4v) is 2.35. The number of hydrogen-bond acceptors (Lipinski definition) is 4. The van der Waals surface area contributed by atoms with Gasteiger partial charge in [0.1, 0.15) is 11.1 Å². The van der Waals surface area contributed by atoms with Gasteiger partial charge < -0.3 is 15.4 Å². The molecular formula is C14H15ClF3N3O3. The van der Waals surface area contributed by atoms with Crippen LogP contribution in [0.3, 0.4) is 0 Å². The smallest absolute Gasteiger partial charge is 0.422 e. The third-order valence-corrected chi connectivity index (χ3v) is 3.55. The maximum Gasteiger partial charge on any atom is 0.422 e. The Morgan fingerprint density at radius 2 is 2.21 bits per heavy atom. The Morgan fingerprint density at radius 1 is 1.46 bits per heavy atom. The van der Waals surface area contributed by atoms with E-state index in [1.807, 2.05) is 0 Å². The number of halogens is 4. The molecule has 1 atom stereocenters. The second-order valence-electron chi connectivity index (χ2n) is 5.23. The molecule has 1 aliphatic rings. The minimum absolute atomic E-state index is 0.0244. The summed E-state index contributed by atoms with van der Waals surface area (Å²) in [5.74, 6) is -1.28. The zero-order valence-electron chi connectivity index (χ0n) is 12.5. The van der Waals surface area contributed by atoms with Crippen LogP contribution in [0, 0.1) is 0 Å². The van der Waals surface area contributed by atoms with Crippen LogP contribution in [0.2, 0.25) is 5.02 Å². The van der Waals surface area contributed by atoms with Gasteiger partial charge in [-0.15, -0.1) is 0 Å². The molecule has 10 heteroatoms. The molecule has 1 aromatic heterocycles. The van der Waals surface area contributed by atoms with Crippen molar-refractivity contribution in [2.75, 3.05) is 13.2 Å². The normalized spacial score (nSPS) is 18.5. The molecule has 0 bridgehead atoms. The highest BCUT2D eigenvalue weighted by Gasteiger charge is 2.29. The van der Waals surface area contributed by atoms with Gasteiger partial charge in [0.05, 0.1) is 5.56 Å². The Bertz CT molecular complexity index is 625. The topological polar surface area (TPSA) is 80.3 Å². The van der Waals surface area contributed by atoms with E-state index in [1.54, 1.807) is 0 Å². The van der Waals surface area contributed by atoms with Crippen molar-refractivity contribution in [3.63, 3.8) is 0 Å². The Kier molecular flexibility index (Phi) is 5.87. The molecule has 2 amide bonds. The van der Waals surface area contributed by atoms with Crippen molar-refractivity contribution < 1.29 is 27.5 Å². The van der Waals surface area contributed by atoms with Gasteiger partial charge in [-0.25, -0.2) is 4.98 Å². The highest BCUT2D eigenvalue weighted by molar-refractivity contribution is 6.32. The van der Waals surface area contributed by atoms with Crippen molar-refractivity contribution in [2.45, 2.75) is 31.5 Å². The summed E-state index contributed by atoms with van der Waals surface area (Å²) in [5, 5.41) is 5.01. The first kappa shape index (κ1) is 18.3. The molecule has 0 spiro atoms. The zero-order valence-corrected chi connectivity index (χ0v) is 13.2. The number of pyridine rings is 1. The summed E-state index contributed by atoms with van der Waals surface area (Å²) in [6, 6.07) is 0.476. The highest BCUT2D eigenvalue weighted by Crippen LogP contribution is 2.25. The molecule has 24 heavy (non-hydrogen) atoms. The Hall–Kier alpha value is -2.03. The van der Waals surface area contributed by atoms with Gasteiger partial charge in [-0.05, 0) is 25.3 Å². The molecule has 0 aromatic carbocycles. The SMILES string of the molecule is O=C(NC1CCCCNC1=O)c1cnc(OCC(F)(F)F)c(Cl)c1. The summed E-state index contributed by atoms with van der Waals surface area (Å²) >= 11 is 5.79. The van der Waals surface area contributed by atoms with Crippen molar-refractivity contribution in [2.24, 2.45) is 0 Å². The quantitative estimate of drug-likeness (QED) is 0.856. The van der Waals surface area contributed by atoms with Crippen molar-refractivity contribution >= 4 is 23.4 Å². The predicted octanol–water partition coefficient (Wildman–Crippen LogP) is 2.07. The Labute approximate surface area is 140 Å². The molecule has 2 rings (SSSR count). The zero-order chi connectivity index (χ0) is 17.7. The predicted molar refractivity (Wildman–Crippen MR) is 78.9 cm³/mol. The monoisotopic (exact) mass is 365 g/mol. The van der Waals surface area contributed by atoms with Gasteiger partial charge in [0.15, 0.2) is 6.61 Å². The van der Waals surface area contributed by atoms with Gasteiger partial charge in [-0.1, -0.05) is 11.6 Å². The fourth-order valence-electron chi connectivity index (χ4n) is 2.12. The van der Waals surface area contributed by atoms with E-state index in [1.165, 1.54) is 0 Å². The van der Waals surface area contributed by atoms with Crippen molar-refractivity contribution in [1.29, 1.82) is 0 Å². The van der Waals surface area contributed by atoms with Crippen LogP contribution >= 0.6 is 11.6 Å². The van der Waals surface area contributed by atoms with Crippen LogP contribution in [0.15, 0.2) is 12.3 Å². The van der Waals surface area contributed by atoms with E-state index in [9.17, 15) is 22.8 Å². The van der Waals surface area contributed by atoms with Gasteiger partial charge in [0, 0.05) is 12.7 Å². The van der Waals surface area contributed by atoms with Crippen molar-refractivity contribution in [1.82, 2.24) is 15.6 Å². The summed E-state index contributed by atoms with van der Waals surface area (Å²) in [6.45, 7) is -0.975. The first-order valence-corrected chi connectivity index (χ1v) is 7.58. The molecule has 1 aliphatic heterocycles. The number of nitrogens with one attached hydrogen (secondary N) is 2. The van der Waals surface area contributed by atoms with Crippen LogP contribution in [0.25, 0.3) is 0 Å². The lowest BCUT2D eigenvalue weighted by Crippen LogP contribution is -2.45. The molecule has 6 nitrogen and oxygen atoms in total. The van der Waals surface area contributed by atoms with Crippen LogP contribution in [-0.4, -0.2) is 42.2 Å². The number of alkyl halides is 3. The Morgan fingerprint density at radius 3 is 2.88 bits per heavy atom. The van der Waals surface area contributed by atoms with Gasteiger partial charge in [-0.2, -0.15) is 13.2 Å². The number of amides is 2. The summed E-state index contributed by atoms with van der Waals surface area (Å²) in [6.07, 6.45) is -1.36. The number of rotatable bonds is 4. The molecule has 0 radical (unpaired) electrons. The van der Waals surface area contributed by atoms with Gasteiger partial charge >= 0.3 is 6.18 Å². The van der Waals surface area contributed by atoms with Gasteiger partial charge in [0.25, 0.3) is 5.91 Å². The molecule has 2 heterocycles. The molecule has 2 N–H and O–H groups in total. The first-order valence-electron chi connectivity index (χ1n) is 7.20. The number of nitrogens with zero attached hydrogens (tertiary/aromatic N) is 1. The third kappa shape index (κ3) is 5.26. The summed E-state index contributed by atoms with van der Waals surface area (Å²) in [7, 11) is 0. The van der Waals surface area contributed by atoms with Crippen LogP contribution in [0.1, 0.15) is 29.6 Å². The summed E-state index contributed by atoms with van der Waals surface area (Å²) in [5.41, 5.74) is 0.0244. The third-order valence-electron chi connectivity index (χ3n) is 3.28. The molecule has 0 saturated carbocycles. The number of carbonyl (C=O) groups excluding carboxylic acids is 2. The molecule has 1 fully saturated rings. The number of ether oxygens (including phenoxy) is 1. The van der Waals surface area contributed by atoms with Gasteiger partial charge in [-0.3, -0.25) is 9.59 Å². The summed E-state index contributed by atoms with van der Waals surface area (Å²) < 4.78 is 40.8. The lowest BCUT2D eigenvalue weighted by Gasteiger charge is -2.15. The van der Waals surface area contributed by atoms with Gasteiger partial charge in [0.2, 0.25) is 11.8 Å². The molecule has 0 aliphatic carbocycles. The van der Waals surface area contributed by atoms with Crippen LogP contribution in [0.4, 0.5) is 13.2 Å². The average Bonchev–Trinajstić information content (AvgIpc) is 2.70. The maximum absolute atomic E-state index is 12.1. The number of aromatic nitrogens is 1. The minimum atomic E-state index is -4.52. The molecule has 1 aromatic rings. The molecule has 132 valence electrons. The van der Waals surface area contributed by atoms with Crippen LogP contribution in [0.5, 0.6) is 5.88 Å². The van der Waals surface area contributed by atoms with E-state index in [2.05, 4.69) is 20.4 Å². The lowest BCUT2D eigenvalue weighted by atomic mass is 10.1. The maximum atomic E-state index is 12.1. The van der Waals surface area contributed by atoms with E-state index in [0.717, 1.165) is 25.1 Å². The molecule has 1 unspecified atom stereocenters. The lowest BCUT2D eigenvalue weighted by molar-refractivity contribution is -0.154. The largest absolute Gasteiger partial charge is 0.467 e. The number of hydrogen-bond donors (Lipinski definition) is 2. The van der Waals surface area contributed by atoms with E-state index in [0.29, 0.717) is 13.0 Å². The van der Waals surface area contributed by atoms with E-state index in [4.69, 9.17) is 11.6 Å². The first-order chi connectivity index (χ1) is 11.3. The van der Waals surface area contributed by atoms with E-state index < -0.39 is 30.6 Å².